The predicted octanol–water partition coefficient (Wildman–Crippen LogP) is 4.22. The fraction of sp³-hybridized carbons (Fsp3) is 0.133. The standard InChI is InChI=1S/C15H11BrINO2/c1-18-12-7-4-10(8-13(12)20-15(18)19)14(16)9-2-5-11(17)6-3-9/h2-8,14H,1H3. The first-order chi connectivity index (χ1) is 9.56. The van der Waals surface area contributed by atoms with E-state index >= 15 is 0 Å². The Morgan fingerprint density at radius 1 is 1.15 bits per heavy atom. The molecular weight excluding hydrogens is 433 g/mol. The lowest BCUT2D eigenvalue weighted by Crippen LogP contribution is -2.08. The lowest BCUT2D eigenvalue weighted by molar-refractivity contribution is 0.528. The molecule has 1 unspecified atom stereocenters. The van der Waals surface area contributed by atoms with Crippen molar-refractivity contribution in [2.45, 2.75) is 4.83 Å². The van der Waals surface area contributed by atoms with Gasteiger partial charge in [-0.25, -0.2) is 4.79 Å². The fourth-order valence-corrected chi connectivity index (χ4v) is 3.08. The Morgan fingerprint density at radius 2 is 1.80 bits per heavy atom. The number of aryl methyl sites for hydroxylation is 1. The molecule has 0 fully saturated rings. The normalized spacial score (nSPS) is 12.8. The third-order valence-electron chi connectivity index (χ3n) is 3.27. The van der Waals surface area contributed by atoms with E-state index in [0.717, 1.165) is 11.1 Å². The number of fused-ring (bicyclic) bond motifs is 1. The van der Waals surface area contributed by atoms with Gasteiger partial charge in [-0.15, -0.1) is 0 Å². The van der Waals surface area contributed by atoms with E-state index in [-0.39, 0.29) is 10.6 Å². The second-order valence-electron chi connectivity index (χ2n) is 4.57. The molecule has 0 amide bonds. The summed E-state index contributed by atoms with van der Waals surface area (Å²) in [7, 11) is 1.71. The maximum atomic E-state index is 11.5. The van der Waals surface area contributed by atoms with E-state index < -0.39 is 0 Å². The largest absolute Gasteiger partial charge is 0.419 e. The number of hydrogen-bond acceptors (Lipinski definition) is 2. The number of hydrogen-bond donors (Lipinski definition) is 0. The minimum atomic E-state index is -0.336. The maximum absolute atomic E-state index is 11.5. The van der Waals surface area contributed by atoms with Gasteiger partial charge >= 0.3 is 5.76 Å². The van der Waals surface area contributed by atoms with Gasteiger partial charge in [-0.05, 0) is 58.0 Å². The molecule has 2 aromatic carbocycles. The Kier molecular flexibility index (Phi) is 3.72. The van der Waals surface area contributed by atoms with Crippen molar-refractivity contribution in [3.63, 3.8) is 0 Å². The summed E-state index contributed by atoms with van der Waals surface area (Å²) in [6.07, 6.45) is 0. The predicted molar refractivity (Wildman–Crippen MR) is 91.4 cm³/mol. The van der Waals surface area contributed by atoms with Gasteiger partial charge in [0.15, 0.2) is 5.58 Å². The third-order valence-corrected chi connectivity index (χ3v) is 5.05. The summed E-state index contributed by atoms with van der Waals surface area (Å²) in [5.74, 6) is -0.336. The molecule has 0 N–H and O–H groups in total. The van der Waals surface area contributed by atoms with Crippen LogP contribution in [0.15, 0.2) is 51.7 Å². The molecule has 0 radical (unpaired) electrons. The van der Waals surface area contributed by atoms with Crippen LogP contribution in [0.25, 0.3) is 11.1 Å². The third kappa shape index (κ3) is 2.44. The molecule has 20 heavy (non-hydrogen) atoms. The zero-order chi connectivity index (χ0) is 14.3. The quantitative estimate of drug-likeness (QED) is 0.439. The van der Waals surface area contributed by atoms with Crippen LogP contribution in [-0.4, -0.2) is 4.57 Å². The molecule has 1 aromatic heterocycles. The van der Waals surface area contributed by atoms with Crippen molar-refractivity contribution in [1.29, 1.82) is 0 Å². The Hall–Kier alpha value is -1.08. The van der Waals surface area contributed by atoms with Crippen LogP contribution in [0.1, 0.15) is 16.0 Å². The van der Waals surface area contributed by atoms with Gasteiger partial charge in [-0.2, -0.15) is 0 Å². The molecule has 0 bridgehead atoms. The molecule has 102 valence electrons. The summed E-state index contributed by atoms with van der Waals surface area (Å²) in [6.45, 7) is 0. The number of nitrogens with zero attached hydrogens (tertiary/aromatic N) is 1. The van der Waals surface area contributed by atoms with Crippen LogP contribution in [0, 0.1) is 3.57 Å². The van der Waals surface area contributed by atoms with Gasteiger partial charge in [0.2, 0.25) is 0 Å². The molecule has 0 aliphatic rings. The Bertz CT molecular complexity index is 820. The minimum Gasteiger partial charge on any atom is -0.408 e. The zero-order valence-electron chi connectivity index (χ0n) is 10.6. The van der Waals surface area contributed by atoms with E-state index in [1.165, 1.54) is 13.7 Å². The monoisotopic (exact) mass is 443 g/mol. The lowest BCUT2D eigenvalue weighted by atomic mass is 10.0. The second kappa shape index (κ2) is 5.37. The molecule has 1 atom stereocenters. The van der Waals surface area contributed by atoms with Crippen LogP contribution in [0.3, 0.4) is 0 Å². The molecule has 0 aliphatic heterocycles. The molecular formula is C15H11BrINO2. The average molecular weight is 444 g/mol. The molecule has 3 nitrogen and oxygen atoms in total. The molecule has 0 saturated heterocycles. The molecule has 0 spiro atoms. The van der Waals surface area contributed by atoms with Gasteiger partial charge in [0.05, 0.1) is 10.3 Å². The Labute approximate surface area is 137 Å². The van der Waals surface area contributed by atoms with Crippen LogP contribution in [0.4, 0.5) is 0 Å². The summed E-state index contributed by atoms with van der Waals surface area (Å²) in [5, 5.41) is 0. The number of oxazole rings is 1. The van der Waals surface area contributed by atoms with Gasteiger partial charge < -0.3 is 4.42 Å². The second-order valence-corrected chi connectivity index (χ2v) is 6.73. The summed E-state index contributed by atoms with van der Waals surface area (Å²) in [6, 6.07) is 14.2. The van der Waals surface area contributed by atoms with Gasteiger partial charge in [0.25, 0.3) is 0 Å². The van der Waals surface area contributed by atoms with Gasteiger partial charge in [-0.1, -0.05) is 34.1 Å². The number of rotatable bonds is 2. The van der Waals surface area contributed by atoms with Crippen LogP contribution >= 0.6 is 38.5 Å². The van der Waals surface area contributed by atoms with E-state index in [1.54, 1.807) is 7.05 Å². The first-order valence-corrected chi connectivity index (χ1v) is 8.05. The van der Waals surface area contributed by atoms with E-state index in [0.29, 0.717) is 5.58 Å². The average Bonchev–Trinajstić information content (AvgIpc) is 2.74. The highest BCUT2D eigenvalue weighted by Crippen LogP contribution is 2.32. The van der Waals surface area contributed by atoms with Crippen molar-refractivity contribution in [3.05, 3.63) is 67.7 Å². The highest BCUT2D eigenvalue weighted by molar-refractivity contribution is 14.1. The van der Waals surface area contributed by atoms with E-state index in [4.69, 9.17) is 4.42 Å². The Morgan fingerprint density at radius 3 is 2.50 bits per heavy atom. The first-order valence-electron chi connectivity index (χ1n) is 6.05. The number of aromatic nitrogens is 1. The van der Waals surface area contributed by atoms with Crippen LogP contribution in [0.2, 0.25) is 0 Å². The molecule has 5 heteroatoms. The number of benzene rings is 2. The molecule has 1 heterocycles. The smallest absolute Gasteiger partial charge is 0.408 e. The van der Waals surface area contributed by atoms with Gasteiger partial charge in [0.1, 0.15) is 0 Å². The Balaban J connectivity index is 2.05. The van der Waals surface area contributed by atoms with E-state index in [2.05, 4.69) is 62.8 Å². The fourth-order valence-electron chi connectivity index (χ4n) is 2.13. The van der Waals surface area contributed by atoms with Crippen molar-refractivity contribution in [3.8, 4) is 0 Å². The van der Waals surface area contributed by atoms with Gasteiger partial charge in [-0.3, -0.25) is 4.57 Å². The van der Waals surface area contributed by atoms with Crippen LogP contribution < -0.4 is 5.76 Å². The molecule has 3 aromatic rings. The maximum Gasteiger partial charge on any atom is 0.419 e. The van der Waals surface area contributed by atoms with Crippen molar-refractivity contribution in [2.24, 2.45) is 7.05 Å². The summed E-state index contributed by atoms with van der Waals surface area (Å²) >= 11 is 5.99. The highest BCUT2D eigenvalue weighted by Gasteiger charge is 2.13. The first kappa shape index (κ1) is 13.9. The number of alkyl halides is 1. The topological polar surface area (TPSA) is 35.1 Å². The van der Waals surface area contributed by atoms with Crippen molar-refractivity contribution in [2.75, 3.05) is 0 Å². The van der Waals surface area contributed by atoms with Crippen molar-refractivity contribution in [1.82, 2.24) is 4.57 Å². The number of halogens is 2. The molecule has 0 saturated carbocycles. The highest BCUT2D eigenvalue weighted by atomic mass is 127. The SMILES string of the molecule is Cn1c(=O)oc2cc(C(Br)c3ccc(I)cc3)ccc21. The molecule has 3 rings (SSSR count). The van der Waals surface area contributed by atoms with Crippen LogP contribution in [0.5, 0.6) is 0 Å². The summed E-state index contributed by atoms with van der Waals surface area (Å²) < 4.78 is 7.94. The molecule has 0 aliphatic carbocycles. The lowest BCUT2D eigenvalue weighted by Gasteiger charge is -2.10. The summed E-state index contributed by atoms with van der Waals surface area (Å²) in [5.41, 5.74) is 3.65. The van der Waals surface area contributed by atoms with Gasteiger partial charge in [0, 0.05) is 10.6 Å². The van der Waals surface area contributed by atoms with E-state index in [9.17, 15) is 4.79 Å². The van der Waals surface area contributed by atoms with Crippen molar-refractivity contribution >= 4 is 49.6 Å². The van der Waals surface area contributed by atoms with Crippen LogP contribution in [-0.2, 0) is 7.05 Å². The van der Waals surface area contributed by atoms with Crippen molar-refractivity contribution < 1.29 is 4.42 Å². The summed E-state index contributed by atoms with van der Waals surface area (Å²) in [4.78, 5) is 11.6. The van der Waals surface area contributed by atoms with E-state index in [1.807, 2.05) is 18.2 Å². The minimum absolute atomic E-state index is 0.0782. The zero-order valence-corrected chi connectivity index (χ0v) is 14.4.